The molecule has 1 N–H and O–H groups in total. The fourth-order valence-corrected chi connectivity index (χ4v) is 2.37. The van der Waals surface area contributed by atoms with Gasteiger partial charge in [-0.15, -0.1) is 0 Å². The number of hydrogen-bond donors (Lipinski definition) is 1. The number of likely N-dealkylation sites (N-methyl/N-ethyl adjacent to an activating group) is 1. The number of piperidine rings is 1. The first kappa shape index (κ1) is 13.0. The molecule has 3 atom stereocenters. The molecule has 0 aromatic carbocycles. The van der Waals surface area contributed by atoms with Crippen molar-refractivity contribution in [1.82, 2.24) is 10.2 Å². The Bertz CT molecular complexity index is 170. The molecule has 2 nitrogen and oxygen atoms in total. The van der Waals surface area contributed by atoms with E-state index in [9.17, 15) is 0 Å². The average Bonchev–Trinajstić information content (AvgIpc) is 2.28. The van der Waals surface area contributed by atoms with E-state index in [1.807, 2.05) is 0 Å². The van der Waals surface area contributed by atoms with Crippen molar-refractivity contribution < 1.29 is 0 Å². The van der Waals surface area contributed by atoms with Crippen molar-refractivity contribution in [1.29, 1.82) is 0 Å². The number of nitrogens with one attached hydrogen (secondary N) is 1. The Labute approximate surface area is 95.4 Å². The van der Waals surface area contributed by atoms with E-state index in [2.05, 4.69) is 37.9 Å². The summed E-state index contributed by atoms with van der Waals surface area (Å²) in [4.78, 5) is 2.56. The van der Waals surface area contributed by atoms with E-state index >= 15 is 0 Å². The molecule has 0 radical (unpaired) electrons. The molecule has 1 saturated heterocycles. The van der Waals surface area contributed by atoms with E-state index in [0.29, 0.717) is 6.04 Å². The first-order valence-corrected chi connectivity index (χ1v) is 6.65. The van der Waals surface area contributed by atoms with Crippen LogP contribution in [0, 0.1) is 5.92 Å². The number of nitrogens with zero attached hydrogens (tertiary/aromatic N) is 1. The van der Waals surface area contributed by atoms with E-state index in [4.69, 9.17) is 0 Å². The summed E-state index contributed by atoms with van der Waals surface area (Å²) in [5.41, 5.74) is 0. The Morgan fingerprint density at radius 2 is 2.07 bits per heavy atom. The normalized spacial score (nSPS) is 27.6. The van der Waals surface area contributed by atoms with E-state index in [0.717, 1.165) is 12.0 Å². The molecule has 0 aromatic heterocycles. The first-order chi connectivity index (χ1) is 7.17. The molecule has 0 spiro atoms. The predicted molar refractivity (Wildman–Crippen MR) is 67.2 cm³/mol. The molecule has 1 rings (SSSR count). The molecule has 0 saturated carbocycles. The van der Waals surface area contributed by atoms with Gasteiger partial charge < -0.3 is 10.2 Å². The maximum absolute atomic E-state index is 3.79. The van der Waals surface area contributed by atoms with Gasteiger partial charge in [0.1, 0.15) is 0 Å². The number of rotatable bonds is 5. The van der Waals surface area contributed by atoms with Crippen LogP contribution in [0.5, 0.6) is 0 Å². The Morgan fingerprint density at radius 1 is 1.33 bits per heavy atom. The summed E-state index contributed by atoms with van der Waals surface area (Å²) in [5.74, 6) is 0.794. The smallest absolute Gasteiger partial charge is 0.0198 e. The van der Waals surface area contributed by atoms with Crippen LogP contribution in [0.3, 0.4) is 0 Å². The lowest BCUT2D eigenvalue weighted by Crippen LogP contribution is -2.49. The largest absolute Gasteiger partial charge is 0.310 e. The van der Waals surface area contributed by atoms with Crippen molar-refractivity contribution in [3.05, 3.63) is 0 Å². The standard InChI is InChI=1S/C13H28N2/c1-5-11(3)12(4)14-13-8-7-9-15(6-2)10-13/h11-14H,5-10H2,1-4H3. The molecule has 0 bridgehead atoms. The van der Waals surface area contributed by atoms with Crippen LogP contribution in [0.25, 0.3) is 0 Å². The van der Waals surface area contributed by atoms with Gasteiger partial charge in [0.25, 0.3) is 0 Å². The Balaban J connectivity index is 2.31. The van der Waals surface area contributed by atoms with Crippen molar-refractivity contribution in [2.24, 2.45) is 5.92 Å². The molecule has 2 heteroatoms. The van der Waals surface area contributed by atoms with Gasteiger partial charge in [0.15, 0.2) is 0 Å². The quantitative estimate of drug-likeness (QED) is 0.753. The fraction of sp³-hybridized carbons (Fsp3) is 1.00. The fourth-order valence-electron chi connectivity index (χ4n) is 2.37. The Morgan fingerprint density at radius 3 is 2.67 bits per heavy atom. The minimum atomic E-state index is 0.664. The SMILES string of the molecule is CCC(C)C(C)NC1CCCN(CC)C1. The van der Waals surface area contributed by atoms with Gasteiger partial charge in [-0.2, -0.15) is 0 Å². The summed E-state index contributed by atoms with van der Waals surface area (Å²) < 4.78 is 0. The topological polar surface area (TPSA) is 15.3 Å². The number of hydrogen-bond acceptors (Lipinski definition) is 2. The lowest BCUT2D eigenvalue weighted by atomic mass is 9.98. The van der Waals surface area contributed by atoms with Crippen molar-refractivity contribution in [3.8, 4) is 0 Å². The summed E-state index contributed by atoms with van der Waals surface area (Å²) in [7, 11) is 0. The second-order valence-electron chi connectivity index (χ2n) is 5.07. The van der Waals surface area contributed by atoms with E-state index in [1.54, 1.807) is 0 Å². The summed E-state index contributed by atoms with van der Waals surface area (Å²) in [6.07, 6.45) is 3.99. The minimum Gasteiger partial charge on any atom is -0.310 e. The van der Waals surface area contributed by atoms with Crippen molar-refractivity contribution in [2.45, 2.75) is 59.0 Å². The molecular formula is C13H28N2. The van der Waals surface area contributed by atoms with Crippen molar-refractivity contribution >= 4 is 0 Å². The minimum absolute atomic E-state index is 0.664. The lowest BCUT2D eigenvalue weighted by molar-refractivity contribution is 0.183. The highest BCUT2D eigenvalue weighted by Gasteiger charge is 2.21. The van der Waals surface area contributed by atoms with Crippen molar-refractivity contribution in [3.63, 3.8) is 0 Å². The second kappa shape index (κ2) is 6.49. The maximum atomic E-state index is 3.79. The van der Waals surface area contributed by atoms with Gasteiger partial charge in [-0.05, 0) is 38.8 Å². The van der Waals surface area contributed by atoms with E-state index < -0.39 is 0 Å². The molecule has 90 valence electrons. The van der Waals surface area contributed by atoms with Gasteiger partial charge in [0, 0.05) is 18.6 Å². The summed E-state index contributed by atoms with van der Waals surface area (Å²) >= 11 is 0. The zero-order chi connectivity index (χ0) is 11.3. The zero-order valence-corrected chi connectivity index (χ0v) is 10.9. The molecule has 1 aliphatic rings. The van der Waals surface area contributed by atoms with Crippen LogP contribution in [0.2, 0.25) is 0 Å². The molecule has 0 aromatic rings. The molecule has 1 heterocycles. The van der Waals surface area contributed by atoms with Gasteiger partial charge in [-0.3, -0.25) is 0 Å². The molecule has 3 unspecified atom stereocenters. The van der Waals surface area contributed by atoms with Gasteiger partial charge in [-0.25, -0.2) is 0 Å². The molecular weight excluding hydrogens is 184 g/mol. The summed E-state index contributed by atoms with van der Waals surface area (Å²) in [6, 6.07) is 1.39. The van der Waals surface area contributed by atoms with Crippen LogP contribution < -0.4 is 5.32 Å². The summed E-state index contributed by atoms with van der Waals surface area (Å²) in [6.45, 7) is 13.0. The molecule has 0 aliphatic carbocycles. The van der Waals surface area contributed by atoms with Gasteiger partial charge in [0.2, 0.25) is 0 Å². The monoisotopic (exact) mass is 212 g/mol. The molecule has 15 heavy (non-hydrogen) atoms. The predicted octanol–water partition coefficient (Wildman–Crippen LogP) is 2.49. The molecule has 1 fully saturated rings. The van der Waals surface area contributed by atoms with Gasteiger partial charge in [0.05, 0.1) is 0 Å². The maximum Gasteiger partial charge on any atom is 0.0198 e. The van der Waals surface area contributed by atoms with Crippen LogP contribution >= 0.6 is 0 Å². The Kier molecular flexibility index (Phi) is 5.62. The second-order valence-corrected chi connectivity index (χ2v) is 5.07. The Hall–Kier alpha value is -0.0800. The highest BCUT2D eigenvalue weighted by molar-refractivity contribution is 4.81. The van der Waals surface area contributed by atoms with Crippen molar-refractivity contribution in [2.75, 3.05) is 19.6 Å². The first-order valence-electron chi connectivity index (χ1n) is 6.65. The average molecular weight is 212 g/mol. The van der Waals surface area contributed by atoms with Crippen LogP contribution in [0.4, 0.5) is 0 Å². The number of likely N-dealkylation sites (tertiary alicyclic amines) is 1. The highest BCUT2D eigenvalue weighted by atomic mass is 15.2. The van der Waals surface area contributed by atoms with Crippen LogP contribution in [-0.2, 0) is 0 Å². The highest BCUT2D eigenvalue weighted by Crippen LogP contribution is 2.13. The van der Waals surface area contributed by atoms with E-state index in [1.165, 1.54) is 38.9 Å². The van der Waals surface area contributed by atoms with Crippen LogP contribution in [0.15, 0.2) is 0 Å². The third-order valence-electron chi connectivity index (χ3n) is 3.95. The van der Waals surface area contributed by atoms with Crippen LogP contribution in [-0.4, -0.2) is 36.6 Å². The third-order valence-corrected chi connectivity index (χ3v) is 3.95. The zero-order valence-electron chi connectivity index (χ0n) is 10.9. The summed E-state index contributed by atoms with van der Waals surface area (Å²) in [5, 5.41) is 3.79. The van der Waals surface area contributed by atoms with E-state index in [-0.39, 0.29) is 0 Å². The van der Waals surface area contributed by atoms with Gasteiger partial charge >= 0.3 is 0 Å². The van der Waals surface area contributed by atoms with Crippen LogP contribution in [0.1, 0.15) is 47.0 Å². The van der Waals surface area contributed by atoms with Gasteiger partial charge in [-0.1, -0.05) is 27.2 Å². The molecule has 1 aliphatic heterocycles. The molecule has 0 amide bonds. The third kappa shape index (κ3) is 4.12. The lowest BCUT2D eigenvalue weighted by Gasteiger charge is -2.35.